The molecule has 1 unspecified atom stereocenters. The van der Waals surface area contributed by atoms with Gasteiger partial charge in [0.2, 0.25) is 5.91 Å². The number of benzene rings is 3. The van der Waals surface area contributed by atoms with Gasteiger partial charge in [0.15, 0.2) is 5.76 Å². The first-order chi connectivity index (χ1) is 21.1. The lowest BCUT2D eigenvalue weighted by Gasteiger charge is -2.38. The molecule has 0 aliphatic carbocycles. The van der Waals surface area contributed by atoms with Crippen LogP contribution in [-0.2, 0) is 16.1 Å². The number of aliphatic hydroxyl groups excluding tert-OH is 1. The standard InChI is InChI=1S/C34H35N3O6/c1-40-22-25-20-27(43-35-25)15-14-24-8-2-5-11-30(24)41-23-26(38)21-36-16-18-37(19-17-36)34(39)33-28-9-3-6-12-31(28)42-32-13-7-4-10-29(32)33/h2-15,20,26,33,38H,16-19,21-23H2,1H3/b15-14+. The molecule has 0 radical (unpaired) electrons. The Morgan fingerprint density at radius 3 is 2.37 bits per heavy atom. The van der Waals surface area contributed by atoms with Crippen LogP contribution in [0.4, 0.5) is 0 Å². The Bertz CT molecular complexity index is 1530. The fraction of sp³-hybridized carbons (Fsp3) is 0.294. The van der Waals surface area contributed by atoms with E-state index in [9.17, 15) is 9.90 Å². The van der Waals surface area contributed by atoms with Crippen LogP contribution < -0.4 is 9.47 Å². The number of fused-ring (bicyclic) bond motifs is 2. The van der Waals surface area contributed by atoms with E-state index in [2.05, 4.69) is 10.1 Å². The summed E-state index contributed by atoms with van der Waals surface area (Å²) in [5.74, 6) is 2.43. The van der Waals surface area contributed by atoms with Gasteiger partial charge in [-0.2, -0.15) is 0 Å². The molecule has 1 aromatic heterocycles. The van der Waals surface area contributed by atoms with E-state index in [-0.39, 0.29) is 12.5 Å². The number of nitrogens with zero attached hydrogens (tertiary/aromatic N) is 3. The van der Waals surface area contributed by atoms with Crippen molar-refractivity contribution in [2.24, 2.45) is 0 Å². The first-order valence-corrected chi connectivity index (χ1v) is 14.5. The lowest BCUT2D eigenvalue weighted by molar-refractivity contribution is -0.134. The van der Waals surface area contributed by atoms with E-state index in [0.29, 0.717) is 50.8 Å². The minimum Gasteiger partial charge on any atom is -0.490 e. The molecule has 6 rings (SSSR count). The highest BCUT2D eigenvalue weighted by molar-refractivity contribution is 5.89. The molecule has 2 aliphatic heterocycles. The average molecular weight is 582 g/mol. The number of rotatable bonds is 10. The second kappa shape index (κ2) is 13.2. The molecule has 9 nitrogen and oxygen atoms in total. The van der Waals surface area contributed by atoms with Crippen LogP contribution in [0, 0.1) is 0 Å². The number of ether oxygens (including phenoxy) is 3. The van der Waals surface area contributed by atoms with E-state index < -0.39 is 12.0 Å². The van der Waals surface area contributed by atoms with Gasteiger partial charge in [0.05, 0.1) is 12.5 Å². The summed E-state index contributed by atoms with van der Waals surface area (Å²) in [7, 11) is 1.61. The van der Waals surface area contributed by atoms with Crippen LogP contribution in [0.3, 0.4) is 0 Å². The third-order valence-electron chi connectivity index (χ3n) is 7.73. The van der Waals surface area contributed by atoms with Crippen LogP contribution in [0.2, 0.25) is 0 Å². The zero-order valence-electron chi connectivity index (χ0n) is 24.1. The number of aliphatic hydroxyl groups is 1. The van der Waals surface area contributed by atoms with Crippen molar-refractivity contribution >= 4 is 18.1 Å². The van der Waals surface area contributed by atoms with Crippen LogP contribution in [0.15, 0.2) is 83.4 Å². The fourth-order valence-corrected chi connectivity index (χ4v) is 5.59. The Morgan fingerprint density at radius 2 is 1.65 bits per heavy atom. The molecule has 4 aromatic rings. The third kappa shape index (κ3) is 6.64. The van der Waals surface area contributed by atoms with E-state index in [1.807, 2.05) is 95.9 Å². The van der Waals surface area contributed by atoms with Crippen molar-refractivity contribution in [1.29, 1.82) is 0 Å². The number of hydrogen-bond acceptors (Lipinski definition) is 8. The lowest BCUT2D eigenvalue weighted by atomic mass is 9.86. The molecular formula is C34H35N3O6. The zero-order chi connectivity index (χ0) is 29.6. The Morgan fingerprint density at radius 1 is 0.977 bits per heavy atom. The minimum atomic E-state index is -0.681. The maximum absolute atomic E-state index is 13.8. The van der Waals surface area contributed by atoms with E-state index in [0.717, 1.165) is 33.9 Å². The highest BCUT2D eigenvalue weighted by Crippen LogP contribution is 2.44. The molecule has 1 amide bonds. The summed E-state index contributed by atoms with van der Waals surface area (Å²) in [6.45, 7) is 3.54. The number of carbonyl (C=O) groups excluding carboxylic acids is 1. The maximum Gasteiger partial charge on any atom is 0.234 e. The van der Waals surface area contributed by atoms with Crippen molar-refractivity contribution in [3.8, 4) is 17.2 Å². The van der Waals surface area contributed by atoms with Crippen molar-refractivity contribution in [3.05, 3.63) is 107 Å². The maximum atomic E-state index is 13.8. The molecule has 0 saturated carbocycles. The molecule has 1 fully saturated rings. The number of carbonyl (C=O) groups is 1. The van der Waals surface area contributed by atoms with Gasteiger partial charge >= 0.3 is 0 Å². The number of aromatic nitrogens is 1. The number of amides is 1. The van der Waals surface area contributed by atoms with Crippen LogP contribution in [0.25, 0.3) is 12.2 Å². The second-order valence-corrected chi connectivity index (χ2v) is 10.7. The molecular weight excluding hydrogens is 546 g/mol. The quantitative estimate of drug-likeness (QED) is 0.285. The largest absolute Gasteiger partial charge is 0.490 e. The van der Waals surface area contributed by atoms with Crippen molar-refractivity contribution < 1.29 is 28.6 Å². The average Bonchev–Trinajstić information content (AvgIpc) is 3.49. The number of piperazine rings is 1. The highest BCUT2D eigenvalue weighted by atomic mass is 16.5. The summed E-state index contributed by atoms with van der Waals surface area (Å²) < 4.78 is 22.5. The summed E-state index contributed by atoms with van der Waals surface area (Å²) >= 11 is 0. The Labute approximate surface area is 250 Å². The Hall–Kier alpha value is -4.44. The molecule has 2 aliphatic rings. The second-order valence-electron chi connectivity index (χ2n) is 10.7. The number of hydrogen-bond donors (Lipinski definition) is 1. The van der Waals surface area contributed by atoms with E-state index in [4.69, 9.17) is 18.7 Å². The van der Waals surface area contributed by atoms with Crippen molar-refractivity contribution in [2.75, 3.05) is 46.4 Å². The topological polar surface area (TPSA) is 97.5 Å². The van der Waals surface area contributed by atoms with Gasteiger partial charge < -0.3 is 28.7 Å². The van der Waals surface area contributed by atoms with Gasteiger partial charge in [-0.3, -0.25) is 9.69 Å². The molecule has 0 bridgehead atoms. The Kier molecular flexibility index (Phi) is 8.83. The van der Waals surface area contributed by atoms with Gasteiger partial charge in [-0.15, -0.1) is 0 Å². The lowest BCUT2D eigenvalue weighted by Crippen LogP contribution is -2.52. The fourth-order valence-electron chi connectivity index (χ4n) is 5.59. The van der Waals surface area contributed by atoms with Crippen LogP contribution >= 0.6 is 0 Å². The van der Waals surface area contributed by atoms with Crippen LogP contribution in [-0.4, -0.2) is 78.5 Å². The normalized spacial score (nSPS) is 16.0. The predicted octanol–water partition coefficient (Wildman–Crippen LogP) is 4.81. The molecule has 222 valence electrons. The first kappa shape index (κ1) is 28.7. The minimum absolute atomic E-state index is 0.0802. The molecule has 0 spiro atoms. The van der Waals surface area contributed by atoms with Gasteiger partial charge in [-0.05, 0) is 30.4 Å². The third-order valence-corrected chi connectivity index (χ3v) is 7.73. The van der Waals surface area contributed by atoms with E-state index in [1.165, 1.54) is 0 Å². The molecule has 1 N–H and O–H groups in total. The number of para-hydroxylation sites is 3. The summed E-state index contributed by atoms with van der Waals surface area (Å²) in [6.07, 6.45) is 3.03. The highest BCUT2D eigenvalue weighted by Gasteiger charge is 2.36. The summed E-state index contributed by atoms with van der Waals surface area (Å²) in [5.41, 5.74) is 3.38. The van der Waals surface area contributed by atoms with Crippen molar-refractivity contribution in [2.45, 2.75) is 18.6 Å². The van der Waals surface area contributed by atoms with E-state index in [1.54, 1.807) is 7.11 Å². The summed E-state index contributed by atoms with van der Waals surface area (Å²) in [6, 6.07) is 25.0. The molecule has 9 heteroatoms. The molecule has 3 aromatic carbocycles. The van der Waals surface area contributed by atoms with Gasteiger partial charge in [0.25, 0.3) is 0 Å². The smallest absolute Gasteiger partial charge is 0.234 e. The van der Waals surface area contributed by atoms with Gasteiger partial charge in [0.1, 0.15) is 35.7 Å². The van der Waals surface area contributed by atoms with Gasteiger partial charge in [-0.25, -0.2) is 0 Å². The molecule has 1 atom stereocenters. The van der Waals surface area contributed by atoms with Crippen molar-refractivity contribution in [3.63, 3.8) is 0 Å². The van der Waals surface area contributed by atoms with E-state index >= 15 is 0 Å². The number of β-amino-alcohol motifs (C(OH)–C–C–N with tert-alkyl or cyclic N) is 1. The zero-order valence-corrected chi connectivity index (χ0v) is 24.1. The number of methoxy groups -OCH3 is 1. The monoisotopic (exact) mass is 581 g/mol. The van der Waals surface area contributed by atoms with Gasteiger partial charge in [0, 0.05) is 62.6 Å². The van der Waals surface area contributed by atoms with Crippen LogP contribution in [0.5, 0.6) is 17.2 Å². The molecule has 1 saturated heterocycles. The van der Waals surface area contributed by atoms with Gasteiger partial charge in [-0.1, -0.05) is 59.8 Å². The summed E-state index contributed by atoms with van der Waals surface area (Å²) in [4.78, 5) is 17.9. The molecule has 43 heavy (non-hydrogen) atoms. The predicted molar refractivity (Wildman–Crippen MR) is 162 cm³/mol. The first-order valence-electron chi connectivity index (χ1n) is 14.5. The molecule has 3 heterocycles. The summed E-state index contributed by atoms with van der Waals surface area (Å²) in [5, 5.41) is 14.8. The van der Waals surface area contributed by atoms with Crippen molar-refractivity contribution in [1.82, 2.24) is 15.0 Å². The SMILES string of the molecule is COCc1cc(/C=C/c2ccccc2OCC(O)CN2CCN(C(=O)C3c4ccccc4Oc4ccccc43)CC2)on1. The van der Waals surface area contributed by atoms with Crippen LogP contribution in [0.1, 0.15) is 34.1 Å². The Balaban J connectivity index is 1.02.